The van der Waals surface area contributed by atoms with Crippen molar-refractivity contribution in [3.8, 4) is 11.1 Å². The molecule has 1 aromatic heterocycles. The molecule has 7 heteroatoms. The van der Waals surface area contributed by atoms with E-state index >= 15 is 0 Å². The van der Waals surface area contributed by atoms with Crippen molar-refractivity contribution in [3.05, 3.63) is 48.0 Å². The third-order valence-corrected chi connectivity index (χ3v) is 4.87. The molecule has 0 radical (unpaired) electrons. The summed E-state index contributed by atoms with van der Waals surface area (Å²) >= 11 is 0. The summed E-state index contributed by atoms with van der Waals surface area (Å²) in [6.45, 7) is 2.01. The normalized spacial score (nSPS) is 19.4. The van der Waals surface area contributed by atoms with Crippen LogP contribution in [0.25, 0.3) is 11.1 Å². The lowest BCUT2D eigenvalue weighted by Gasteiger charge is -2.22. The maximum atomic E-state index is 14.0. The molecule has 1 aromatic carbocycles. The first-order chi connectivity index (χ1) is 13.5. The number of rotatable bonds is 3. The quantitative estimate of drug-likeness (QED) is 0.776. The van der Waals surface area contributed by atoms with Gasteiger partial charge in [-0.15, -0.1) is 0 Å². The number of benzene rings is 1. The van der Waals surface area contributed by atoms with E-state index in [1.165, 1.54) is 18.3 Å². The fourth-order valence-corrected chi connectivity index (χ4v) is 3.46. The van der Waals surface area contributed by atoms with Gasteiger partial charge in [0.25, 0.3) is 0 Å². The lowest BCUT2D eigenvalue weighted by molar-refractivity contribution is -0.144. The van der Waals surface area contributed by atoms with Crippen molar-refractivity contribution in [3.63, 3.8) is 0 Å². The first-order valence-corrected chi connectivity index (χ1v) is 9.41. The smallest absolute Gasteiger partial charge is 0.328 e. The number of carbonyl (C=O) groups excluding carboxylic acids is 1. The van der Waals surface area contributed by atoms with Crippen molar-refractivity contribution in [1.29, 1.82) is 0 Å². The first-order valence-electron chi connectivity index (χ1n) is 9.41. The van der Waals surface area contributed by atoms with E-state index < -0.39 is 23.7 Å². The number of esters is 1. The second kappa shape index (κ2) is 8.82. The molecule has 6 nitrogen and oxygen atoms in total. The van der Waals surface area contributed by atoms with Crippen molar-refractivity contribution in [2.24, 2.45) is 0 Å². The molecule has 0 saturated carbocycles. The maximum Gasteiger partial charge on any atom is 0.328 e. The molecule has 1 aliphatic heterocycles. The molecular formula is C21H23FN2O4. The van der Waals surface area contributed by atoms with Gasteiger partial charge >= 0.3 is 11.9 Å². The van der Waals surface area contributed by atoms with Crippen LogP contribution in [0.2, 0.25) is 0 Å². The van der Waals surface area contributed by atoms with Crippen LogP contribution in [0.1, 0.15) is 44.2 Å². The molecule has 0 amide bonds. The number of carboxylic acid groups (broad SMARTS) is 1. The van der Waals surface area contributed by atoms with E-state index in [0.29, 0.717) is 48.2 Å². The topological polar surface area (TPSA) is 88.5 Å². The summed E-state index contributed by atoms with van der Waals surface area (Å²) in [5.41, 5.74) is 2.22. The summed E-state index contributed by atoms with van der Waals surface area (Å²) in [6, 6.07) is 7.06. The van der Waals surface area contributed by atoms with Crippen molar-refractivity contribution in [1.82, 2.24) is 4.98 Å². The zero-order valence-corrected chi connectivity index (χ0v) is 15.7. The Kier molecular flexibility index (Phi) is 6.23. The highest BCUT2D eigenvalue weighted by atomic mass is 19.1. The van der Waals surface area contributed by atoms with Gasteiger partial charge in [0.05, 0.1) is 18.2 Å². The molecule has 1 aliphatic rings. The monoisotopic (exact) mass is 386 g/mol. The number of fused-ring (bicyclic) bond motifs is 4. The van der Waals surface area contributed by atoms with Crippen LogP contribution < -0.4 is 5.32 Å². The van der Waals surface area contributed by atoms with Crippen LogP contribution in [0.5, 0.6) is 0 Å². The van der Waals surface area contributed by atoms with Crippen LogP contribution in [0.4, 0.5) is 10.1 Å². The summed E-state index contributed by atoms with van der Waals surface area (Å²) < 4.78 is 19.1. The lowest BCUT2D eigenvalue weighted by Crippen LogP contribution is -2.31. The Hall–Kier alpha value is -2.96. The molecular weight excluding hydrogens is 363 g/mol. The molecule has 2 aromatic rings. The fraction of sp³-hybridized carbons (Fsp3) is 0.381. The van der Waals surface area contributed by atoms with Crippen LogP contribution in [-0.2, 0) is 14.3 Å². The van der Waals surface area contributed by atoms with Gasteiger partial charge in [-0.05, 0) is 55.7 Å². The Balaban J connectivity index is 2.09. The van der Waals surface area contributed by atoms with Crippen LogP contribution in [0.15, 0.2) is 36.5 Å². The summed E-state index contributed by atoms with van der Waals surface area (Å²) in [4.78, 5) is 28.4. The standard InChI is InChI=1S/C21H23FN2O4/c1-2-28-21(27)18-6-4-3-5-15(20(25)26)19-11-13(9-10-23-19)16-12-14(22)7-8-17(16)24-18/h7-12,15,18,24H,2-6H2,1H3,(H,25,26). The Bertz CT molecular complexity index is 871. The minimum absolute atomic E-state index is 0.266. The van der Waals surface area contributed by atoms with Crippen LogP contribution >= 0.6 is 0 Å². The third-order valence-electron chi connectivity index (χ3n) is 4.87. The number of aliphatic carboxylic acids is 1. The van der Waals surface area contributed by atoms with E-state index in [1.807, 2.05) is 0 Å². The third kappa shape index (κ3) is 4.47. The van der Waals surface area contributed by atoms with E-state index in [9.17, 15) is 19.1 Å². The number of nitrogens with zero attached hydrogens (tertiary/aromatic N) is 1. The number of anilines is 1. The number of carboxylic acids is 1. The Morgan fingerprint density at radius 1 is 1.25 bits per heavy atom. The summed E-state index contributed by atoms with van der Waals surface area (Å²) in [5.74, 6) is -2.49. The average molecular weight is 386 g/mol. The maximum absolute atomic E-state index is 14.0. The number of pyridine rings is 1. The number of nitrogens with one attached hydrogen (secondary N) is 1. The number of carbonyl (C=O) groups is 2. The van der Waals surface area contributed by atoms with E-state index in [0.717, 1.165) is 0 Å². The molecule has 3 rings (SSSR count). The van der Waals surface area contributed by atoms with Gasteiger partial charge in [-0.25, -0.2) is 9.18 Å². The largest absolute Gasteiger partial charge is 0.481 e. The Morgan fingerprint density at radius 3 is 2.79 bits per heavy atom. The summed E-state index contributed by atoms with van der Waals surface area (Å²) in [6.07, 6.45) is 3.72. The van der Waals surface area contributed by atoms with Crippen LogP contribution in [-0.4, -0.2) is 34.7 Å². The zero-order valence-electron chi connectivity index (χ0n) is 15.7. The molecule has 2 heterocycles. The molecule has 2 N–H and O–H groups in total. The van der Waals surface area contributed by atoms with Crippen LogP contribution in [0.3, 0.4) is 0 Å². The van der Waals surface area contributed by atoms with Gasteiger partial charge in [0, 0.05) is 17.4 Å². The number of ether oxygens (including phenoxy) is 1. The van der Waals surface area contributed by atoms with Crippen LogP contribution in [0, 0.1) is 5.82 Å². The predicted octanol–water partition coefficient (Wildman–Crippen LogP) is 3.97. The molecule has 0 aliphatic carbocycles. The predicted molar refractivity (Wildman–Crippen MR) is 103 cm³/mol. The highest BCUT2D eigenvalue weighted by molar-refractivity contribution is 5.84. The van der Waals surface area contributed by atoms with E-state index in [4.69, 9.17) is 4.74 Å². The van der Waals surface area contributed by atoms with Crippen molar-refractivity contribution < 1.29 is 23.8 Å². The Morgan fingerprint density at radius 2 is 2.04 bits per heavy atom. The number of hydrogen-bond donors (Lipinski definition) is 2. The highest BCUT2D eigenvalue weighted by Crippen LogP contribution is 2.33. The van der Waals surface area contributed by atoms with Crippen molar-refractivity contribution in [2.45, 2.75) is 44.6 Å². The minimum atomic E-state index is -0.943. The number of halogens is 1. The summed E-state index contributed by atoms with van der Waals surface area (Å²) in [7, 11) is 0. The molecule has 2 unspecified atom stereocenters. The molecule has 0 saturated heterocycles. The molecule has 148 valence electrons. The lowest BCUT2D eigenvalue weighted by atomic mass is 9.93. The second-order valence-corrected chi connectivity index (χ2v) is 6.78. The van der Waals surface area contributed by atoms with Crippen molar-refractivity contribution >= 4 is 17.6 Å². The minimum Gasteiger partial charge on any atom is -0.481 e. The second-order valence-electron chi connectivity index (χ2n) is 6.78. The SMILES string of the molecule is CCOC(=O)C1CCCCC(C(=O)O)c2cc(ccn2)-c2cc(F)ccc2N1. The first kappa shape index (κ1) is 19.8. The number of hydrogen-bond acceptors (Lipinski definition) is 5. The molecule has 28 heavy (non-hydrogen) atoms. The van der Waals surface area contributed by atoms with Gasteiger partial charge in [0.2, 0.25) is 0 Å². The van der Waals surface area contributed by atoms with Gasteiger partial charge in [-0.2, -0.15) is 0 Å². The average Bonchev–Trinajstić information content (AvgIpc) is 2.67. The van der Waals surface area contributed by atoms with Crippen molar-refractivity contribution in [2.75, 3.05) is 11.9 Å². The van der Waals surface area contributed by atoms with Gasteiger partial charge in [-0.1, -0.05) is 12.8 Å². The highest BCUT2D eigenvalue weighted by Gasteiger charge is 2.25. The molecule has 2 bridgehead atoms. The number of aromatic nitrogens is 1. The van der Waals surface area contributed by atoms with Gasteiger partial charge in [-0.3, -0.25) is 9.78 Å². The molecule has 2 atom stereocenters. The van der Waals surface area contributed by atoms with Gasteiger partial charge in [0.1, 0.15) is 11.9 Å². The Labute approximate surface area is 162 Å². The van der Waals surface area contributed by atoms with E-state index in [1.54, 1.807) is 25.1 Å². The molecule has 0 fully saturated rings. The van der Waals surface area contributed by atoms with E-state index in [2.05, 4.69) is 10.3 Å². The summed E-state index contributed by atoms with van der Waals surface area (Å²) in [5, 5.41) is 12.8. The fourth-order valence-electron chi connectivity index (χ4n) is 3.46. The molecule has 0 spiro atoms. The van der Waals surface area contributed by atoms with E-state index in [-0.39, 0.29) is 12.6 Å². The van der Waals surface area contributed by atoms with Gasteiger partial charge < -0.3 is 15.2 Å². The zero-order chi connectivity index (χ0) is 20.1. The van der Waals surface area contributed by atoms with Gasteiger partial charge in [0.15, 0.2) is 0 Å².